The topological polar surface area (TPSA) is 57.5 Å². The van der Waals surface area contributed by atoms with Gasteiger partial charge in [0.1, 0.15) is 0 Å². The molecule has 3 atom stereocenters. The van der Waals surface area contributed by atoms with Gasteiger partial charge in [-0.3, -0.25) is 4.79 Å². The molecule has 3 aliphatic rings. The van der Waals surface area contributed by atoms with Crippen molar-refractivity contribution in [3.63, 3.8) is 0 Å². The molecule has 0 saturated heterocycles. The minimum absolute atomic E-state index is 0.0982. The number of fused-ring (bicyclic) bond motifs is 2. The SMILES string of the molecule is CC(C)[C@@]1(O)CCC2=C(CC[C@H]3C(C)(C)CCC[C@]23C(=O)O)C1. The van der Waals surface area contributed by atoms with Crippen LogP contribution in [0.3, 0.4) is 0 Å². The van der Waals surface area contributed by atoms with Crippen LogP contribution in [0.5, 0.6) is 0 Å². The smallest absolute Gasteiger partial charge is 0.314 e. The van der Waals surface area contributed by atoms with Crippen molar-refractivity contribution in [3.05, 3.63) is 11.1 Å². The minimum atomic E-state index is -0.659. The van der Waals surface area contributed by atoms with Crippen molar-refractivity contribution in [1.82, 2.24) is 0 Å². The number of carbonyl (C=O) groups is 1. The number of hydrogen-bond donors (Lipinski definition) is 2. The van der Waals surface area contributed by atoms with E-state index in [0.29, 0.717) is 12.8 Å². The van der Waals surface area contributed by atoms with Crippen molar-refractivity contribution in [1.29, 1.82) is 0 Å². The molecule has 0 radical (unpaired) electrons. The summed E-state index contributed by atoms with van der Waals surface area (Å²) in [5.41, 5.74) is 1.26. The Balaban J connectivity index is 2.07. The number of aliphatic hydroxyl groups is 1. The second-order valence-corrected chi connectivity index (χ2v) is 9.23. The summed E-state index contributed by atoms with van der Waals surface area (Å²) in [7, 11) is 0. The van der Waals surface area contributed by atoms with Gasteiger partial charge in [-0.25, -0.2) is 0 Å². The molecule has 0 bridgehead atoms. The Labute approximate surface area is 140 Å². The van der Waals surface area contributed by atoms with Crippen molar-refractivity contribution in [2.75, 3.05) is 0 Å². The predicted molar refractivity (Wildman–Crippen MR) is 91.1 cm³/mol. The second-order valence-electron chi connectivity index (χ2n) is 9.23. The fraction of sp³-hybridized carbons (Fsp3) is 0.850. The molecule has 2 N–H and O–H groups in total. The van der Waals surface area contributed by atoms with E-state index < -0.39 is 17.0 Å². The van der Waals surface area contributed by atoms with Gasteiger partial charge in [-0.15, -0.1) is 0 Å². The molecule has 0 aromatic carbocycles. The molecule has 3 aliphatic carbocycles. The second kappa shape index (κ2) is 5.34. The Bertz CT molecular complexity index is 545. The van der Waals surface area contributed by atoms with Gasteiger partial charge in [0.05, 0.1) is 11.0 Å². The van der Waals surface area contributed by atoms with Crippen LogP contribution >= 0.6 is 0 Å². The first-order valence-electron chi connectivity index (χ1n) is 9.31. The molecular weight excluding hydrogens is 288 g/mol. The van der Waals surface area contributed by atoms with E-state index in [4.69, 9.17) is 0 Å². The maximum Gasteiger partial charge on any atom is 0.314 e. The van der Waals surface area contributed by atoms with Crippen LogP contribution in [0.1, 0.15) is 79.1 Å². The Hall–Kier alpha value is -0.830. The summed E-state index contributed by atoms with van der Waals surface area (Å²) in [6, 6.07) is 0. The van der Waals surface area contributed by atoms with E-state index in [1.165, 1.54) is 11.1 Å². The van der Waals surface area contributed by atoms with Gasteiger partial charge in [-0.2, -0.15) is 0 Å². The maximum absolute atomic E-state index is 12.5. The lowest BCUT2D eigenvalue weighted by molar-refractivity contribution is -0.159. The lowest BCUT2D eigenvalue weighted by Crippen LogP contribution is -2.53. The molecule has 0 aromatic rings. The van der Waals surface area contributed by atoms with E-state index in [1.807, 2.05) is 0 Å². The van der Waals surface area contributed by atoms with Crippen molar-refractivity contribution in [2.45, 2.75) is 84.7 Å². The number of carboxylic acids is 1. The van der Waals surface area contributed by atoms with Crippen LogP contribution < -0.4 is 0 Å². The molecule has 0 aromatic heterocycles. The van der Waals surface area contributed by atoms with E-state index in [1.54, 1.807) is 0 Å². The van der Waals surface area contributed by atoms with Crippen LogP contribution in [0.2, 0.25) is 0 Å². The van der Waals surface area contributed by atoms with Gasteiger partial charge in [-0.1, -0.05) is 45.3 Å². The predicted octanol–water partition coefficient (Wildman–Crippen LogP) is 4.55. The summed E-state index contributed by atoms with van der Waals surface area (Å²) in [6.07, 6.45) is 7.03. The highest BCUT2D eigenvalue weighted by Gasteiger charge is 2.59. The fourth-order valence-electron chi connectivity index (χ4n) is 5.89. The van der Waals surface area contributed by atoms with E-state index >= 15 is 0 Å². The third kappa shape index (κ3) is 2.38. The molecule has 3 rings (SSSR count). The molecular formula is C20H32O3. The first kappa shape index (κ1) is 17.0. The number of rotatable bonds is 2. The quantitative estimate of drug-likeness (QED) is 0.734. The average Bonchev–Trinajstić information content (AvgIpc) is 2.45. The van der Waals surface area contributed by atoms with Crippen LogP contribution in [-0.4, -0.2) is 21.8 Å². The van der Waals surface area contributed by atoms with Gasteiger partial charge in [0, 0.05) is 0 Å². The molecule has 3 heteroatoms. The lowest BCUT2D eigenvalue weighted by atomic mass is 9.47. The van der Waals surface area contributed by atoms with Crippen LogP contribution in [0.15, 0.2) is 11.1 Å². The number of hydrogen-bond acceptors (Lipinski definition) is 2. The number of carboxylic acid groups (broad SMARTS) is 1. The van der Waals surface area contributed by atoms with Gasteiger partial charge in [0.2, 0.25) is 0 Å². The first-order chi connectivity index (χ1) is 10.6. The zero-order valence-corrected chi connectivity index (χ0v) is 15.1. The monoisotopic (exact) mass is 320 g/mol. The van der Waals surface area contributed by atoms with Gasteiger partial charge in [0.15, 0.2) is 0 Å². The molecule has 23 heavy (non-hydrogen) atoms. The summed E-state index contributed by atoms with van der Waals surface area (Å²) in [6.45, 7) is 8.67. The van der Waals surface area contributed by atoms with Gasteiger partial charge in [-0.05, 0) is 62.2 Å². The van der Waals surface area contributed by atoms with Crippen molar-refractivity contribution in [2.24, 2.45) is 22.7 Å². The average molecular weight is 320 g/mol. The van der Waals surface area contributed by atoms with Crippen molar-refractivity contribution < 1.29 is 15.0 Å². The van der Waals surface area contributed by atoms with Gasteiger partial charge in [0.25, 0.3) is 0 Å². The molecule has 0 aliphatic heterocycles. The van der Waals surface area contributed by atoms with E-state index in [2.05, 4.69) is 27.7 Å². The molecule has 0 unspecified atom stereocenters. The third-order valence-corrected chi connectivity index (χ3v) is 7.41. The normalized spacial score (nSPS) is 39.8. The standard InChI is InChI=1S/C20H32O3/c1-13(2)19(23)11-8-15-14(12-19)6-7-16-18(3,4)9-5-10-20(15,16)17(21)22/h13,16,23H,5-12H2,1-4H3,(H,21,22)/t16-,19+,20-/m0/s1. The molecule has 3 nitrogen and oxygen atoms in total. The van der Waals surface area contributed by atoms with Crippen LogP contribution in [0.4, 0.5) is 0 Å². The molecule has 1 fully saturated rings. The molecule has 0 amide bonds. The van der Waals surface area contributed by atoms with Crippen LogP contribution in [0.25, 0.3) is 0 Å². The highest BCUT2D eigenvalue weighted by Crippen LogP contribution is 2.62. The zero-order chi connectivity index (χ0) is 17.0. The van der Waals surface area contributed by atoms with E-state index in [9.17, 15) is 15.0 Å². The van der Waals surface area contributed by atoms with Gasteiger partial charge >= 0.3 is 5.97 Å². The summed E-state index contributed by atoms with van der Waals surface area (Å²) in [5.74, 6) is -0.152. The lowest BCUT2D eigenvalue weighted by Gasteiger charge is -2.56. The fourth-order valence-corrected chi connectivity index (χ4v) is 5.89. The third-order valence-electron chi connectivity index (χ3n) is 7.41. The molecule has 1 saturated carbocycles. The maximum atomic E-state index is 12.5. The Kier molecular flexibility index (Phi) is 3.95. The molecule has 0 heterocycles. The summed E-state index contributed by atoms with van der Waals surface area (Å²) < 4.78 is 0. The molecule has 0 spiro atoms. The Morgan fingerprint density at radius 1 is 1.17 bits per heavy atom. The summed E-state index contributed by atoms with van der Waals surface area (Å²) in [5, 5.41) is 21.2. The van der Waals surface area contributed by atoms with Crippen molar-refractivity contribution >= 4 is 5.97 Å². The van der Waals surface area contributed by atoms with Crippen LogP contribution in [0, 0.1) is 22.7 Å². The largest absolute Gasteiger partial charge is 0.481 e. The summed E-state index contributed by atoms with van der Waals surface area (Å²) in [4.78, 5) is 12.5. The highest BCUT2D eigenvalue weighted by molar-refractivity contribution is 5.80. The Morgan fingerprint density at radius 2 is 1.87 bits per heavy atom. The summed E-state index contributed by atoms with van der Waals surface area (Å²) >= 11 is 0. The number of aliphatic carboxylic acids is 1. The van der Waals surface area contributed by atoms with E-state index in [0.717, 1.165) is 38.5 Å². The van der Waals surface area contributed by atoms with Crippen LogP contribution in [-0.2, 0) is 4.79 Å². The van der Waals surface area contributed by atoms with Gasteiger partial charge < -0.3 is 10.2 Å². The van der Waals surface area contributed by atoms with E-state index in [-0.39, 0.29) is 17.3 Å². The zero-order valence-electron chi connectivity index (χ0n) is 15.1. The minimum Gasteiger partial charge on any atom is -0.481 e. The van der Waals surface area contributed by atoms with Crippen molar-refractivity contribution in [3.8, 4) is 0 Å². The first-order valence-corrected chi connectivity index (χ1v) is 9.31. The molecule has 130 valence electrons. The Morgan fingerprint density at radius 3 is 2.48 bits per heavy atom. The highest BCUT2D eigenvalue weighted by atomic mass is 16.4.